The van der Waals surface area contributed by atoms with Gasteiger partial charge in [0.25, 0.3) is 0 Å². The number of pyridine rings is 2. The first-order valence-corrected chi connectivity index (χ1v) is 4.20. The Hall–Kier alpha value is -2.04. The lowest BCUT2D eigenvalue weighted by Crippen LogP contribution is -1.99. The van der Waals surface area contributed by atoms with Gasteiger partial charge >= 0.3 is 0 Å². The van der Waals surface area contributed by atoms with Crippen molar-refractivity contribution in [1.82, 2.24) is 9.97 Å². The fourth-order valence-electron chi connectivity index (χ4n) is 1.22. The van der Waals surface area contributed by atoms with Crippen molar-refractivity contribution in [3.8, 4) is 11.3 Å². The summed E-state index contributed by atoms with van der Waals surface area (Å²) in [6, 6.07) is 3.91. The predicted molar refractivity (Wildman–Crippen MR) is 51.8 cm³/mol. The van der Waals surface area contributed by atoms with Gasteiger partial charge in [-0.2, -0.15) is 0 Å². The van der Waals surface area contributed by atoms with E-state index in [-0.39, 0.29) is 11.5 Å². The highest BCUT2D eigenvalue weighted by molar-refractivity contribution is 5.61. The standard InChI is InChI=1S/C10H7F2N3/c11-7-5-8(13)15-10(9(7)12)6-1-3-14-4-2-6/h1-5H,(H2,13,15). The van der Waals surface area contributed by atoms with Crippen LogP contribution in [0, 0.1) is 11.6 Å². The molecule has 0 radical (unpaired) electrons. The third kappa shape index (κ3) is 1.76. The fraction of sp³-hybridized carbons (Fsp3) is 0. The Morgan fingerprint density at radius 1 is 1.13 bits per heavy atom. The molecule has 0 atom stereocenters. The maximum absolute atomic E-state index is 13.4. The Morgan fingerprint density at radius 3 is 2.47 bits per heavy atom. The molecule has 0 saturated heterocycles. The molecule has 76 valence electrons. The molecule has 2 aromatic rings. The van der Waals surface area contributed by atoms with Gasteiger partial charge in [0.1, 0.15) is 11.5 Å². The van der Waals surface area contributed by atoms with Gasteiger partial charge in [-0.1, -0.05) is 0 Å². The van der Waals surface area contributed by atoms with E-state index < -0.39 is 11.6 Å². The smallest absolute Gasteiger partial charge is 0.185 e. The highest BCUT2D eigenvalue weighted by atomic mass is 19.2. The minimum absolute atomic E-state index is 0.0549. The van der Waals surface area contributed by atoms with Gasteiger partial charge in [-0.3, -0.25) is 4.98 Å². The topological polar surface area (TPSA) is 51.8 Å². The monoisotopic (exact) mass is 207 g/mol. The van der Waals surface area contributed by atoms with Crippen molar-refractivity contribution in [2.75, 3.05) is 5.73 Å². The second-order valence-corrected chi connectivity index (χ2v) is 2.93. The molecule has 0 saturated carbocycles. The lowest BCUT2D eigenvalue weighted by molar-refractivity contribution is 0.508. The van der Waals surface area contributed by atoms with Crippen molar-refractivity contribution in [3.63, 3.8) is 0 Å². The van der Waals surface area contributed by atoms with Crippen molar-refractivity contribution < 1.29 is 8.78 Å². The highest BCUT2D eigenvalue weighted by Gasteiger charge is 2.12. The molecule has 5 heteroatoms. The molecular weight excluding hydrogens is 200 g/mol. The van der Waals surface area contributed by atoms with E-state index in [0.717, 1.165) is 6.07 Å². The summed E-state index contributed by atoms with van der Waals surface area (Å²) < 4.78 is 26.4. The van der Waals surface area contributed by atoms with E-state index in [1.807, 2.05) is 0 Å². The van der Waals surface area contributed by atoms with Gasteiger partial charge in [0.05, 0.1) is 0 Å². The molecule has 0 bridgehead atoms. The Balaban J connectivity index is 2.63. The molecule has 15 heavy (non-hydrogen) atoms. The number of rotatable bonds is 1. The molecule has 0 unspecified atom stereocenters. The van der Waals surface area contributed by atoms with Crippen molar-refractivity contribution >= 4 is 5.82 Å². The van der Waals surface area contributed by atoms with E-state index in [9.17, 15) is 8.78 Å². The Bertz CT molecular complexity index is 486. The van der Waals surface area contributed by atoms with Crippen LogP contribution < -0.4 is 5.73 Å². The van der Waals surface area contributed by atoms with Crippen molar-refractivity contribution in [2.24, 2.45) is 0 Å². The van der Waals surface area contributed by atoms with Gasteiger partial charge in [-0.25, -0.2) is 13.8 Å². The first-order chi connectivity index (χ1) is 7.18. The largest absolute Gasteiger partial charge is 0.384 e. The van der Waals surface area contributed by atoms with E-state index in [1.165, 1.54) is 24.5 Å². The first-order valence-electron chi connectivity index (χ1n) is 4.20. The molecule has 2 N–H and O–H groups in total. The van der Waals surface area contributed by atoms with Gasteiger partial charge in [0, 0.05) is 24.0 Å². The molecule has 0 amide bonds. The average molecular weight is 207 g/mol. The molecule has 0 fully saturated rings. The van der Waals surface area contributed by atoms with Crippen LogP contribution in [0.1, 0.15) is 0 Å². The van der Waals surface area contributed by atoms with Gasteiger partial charge in [-0.15, -0.1) is 0 Å². The van der Waals surface area contributed by atoms with Crippen LogP contribution in [0.5, 0.6) is 0 Å². The van der Waals surface area contributed by atoms with Crippen LogP contribution in [0.3, 0.4) is 0 Å². The zero-order valence-electron chi connectivity index (χ0n) is 7.61. The second-order valence-electron chi connectivity index (χ2n) is 2.93. The number of hydrogen-bond acceptors (Lipinski definition) is 3. The van der Waals surface area contributed by atoms with E-state index >= 15 is 0 Å². The summed E-state index contributed by atoms with van der Waals surface area (Å²) in [5.74, 6) is -2.06. The molecule has 0 aromatic carbocycles. The average Bonchev–Trinajstić information content (AvgIpc) is 2.24. The van der Waals surface area contributed by atoms with E-state index in [2.05, 4.69) is 9.97 Å². The summed E-state index contributed by atoms with van der Waals surface area (Å²) in [4.78, 5) is 7.51. The zero-order valence-corrected chi connectivity index (χ0v) is 7.61. The van der Waals surface area contributed by atoms with Crippen LogP contribution >= 0.6 is 0 Å². The molecule has 0 aliphatic rings. The van der Waals surface area contributed by atoms with E-state index in [0.29, 0.717) is 5.56 Å². The summed E-state index contributed by atoms with van der Waals surface area (Å²) in [6.45, 7) is 0. The van der Waals surface area contributed by atoms with Crippen LogP contribution in [0.2, 0.25) is 0 Å². The fourth-order valence-corrected chi connectivity index (χ4v) is 1.22. The normalized spacial score (nSPS) is 10.3. The number of hydrogen-bond donors (Lipinski definition) is 1. The second kappa shape index (κ2) is 3.61. The molecular formula is C10H7F2N3. The summed E-state index contributed by atoms with van der Waals surface area (Å²) in [6.07, 6.45) is 2.94. The number of anilines is 1. The molecule has 2 aromatic heterocycles. The maximum Gasteiger partial charge on any atom is 0.185 e. The molecule has 0 aliphatic carbocycles. The van der Waals surface area contributed by atoms with Crippen LogP contribution in [0.15, 0.2) is 30.6 Å². The summed E-state index contributed by atoms with van der Waals surface area (Å²) in [5, 5.41) is 0. The lowest BCUT2D eigenvalue weighted by Gasteiger charge is -2.03. The zero-order chi connectivity index (χ0) is 10.8. The summed E-state index contributed by atoms with van der Waals surface area (Å²) in [5.41, 5.74) is 5.67. The molecule has 0 aliphatic heterocycles. The first kappa shape index (κ1) is 9.51. The third-order valence-electron chi connectivity index (χ3n) is 1.89. The van der Waals surface area contributed by atoms with Crippen LogP contribution in [0.4, 0.5) is 14.6 Å². The number of nitrogens with zero attached hydrogens (tertiary/aromatic N) is 2. The predicted octanol–water partition coefficient (Wildman–Crippen LogP) is 2.00. The number of halogens is 2. The van der Waals surface area contributed by atoms with E-state index in [1.54, 1.807) is 0 Å². The van der Waals surface area contributed by atoms with Gasteiger partial charge in [-0.05, 0) is 12.1 Å². The van der Waals surface area contributed by atoms with Crippen LogP contribution in [-0.2, 0) is 0 Å². The third-order valence-corrected chi connectivity index (χ3v) is 1.89. The molecule has 2 heterocycles. The van der Waals surface area contributed by atoms with Crippen molar-refractivity contribution in [3.05, 3.63) is 42.2 Å². The van der Waals surface area contributed by atoms with Crippen LogP contribution in [-0.4, -0.2) is 9.97 Å². The Kier molecular flexibility index (Phi) is 2.29. The van der Waals surface area contributed by atoms with E-state index in [4.69, 9.17) is 5.73 Å². The summed E-state index contributed by atoms with van der Waals surface area (Å²) >= 11 is 0. The van der Waals surface area contributed by atoms with Gasteiger partial charge < -0.3 is 5.73 Å². The molecule has 2 rings (SSSR count). The maximum atomic E-state index is 13.4. The SMILES string of the molecule is Nc1cc(F)c(F)c(-c2ccncc2)n1. The lowest BCUT2D eigenvalue weighted by atomic mass is 10.1. The Morgan fingerprint density at radius 2 is 1.80 bits per heavy atom. The number of nitrogens with two attached hydrogens (primary N) is 1. The minimum atomic E-state index is -1.01. The van der Waals surface area contributed by atoms with Crippen LogP contribution in [0.25, 0.3) is 11.3 Å². The number of nitrogen functional groups attached to an aromatic ring is 1. The highest BCUT2D eigenvalue weighted by Crippen LogP contribution is 2.22. The quantitative estimate of drug-likeness (QED) is 0.778. The molecule has 3 nitrogen and oxygen atoms in total. The Labute approximate surface area is 84.6 Å². The van der Waals surface area contributed by atoms with Crippen molar-refractivity contribution in [2.45, 2.75) is 0 Å². The summed E-state index contributed by atoms with van der Waals surface area (Å²) in [7, 11) is 0. The van der Waals surface area contributed by atoms with Gasteiger partial charge in [0.15, 0.2) is 11.6 Å². The van der Waals surface area contributed by atoms with Gasteiger partial charge in [0.2, 0.25) is 0 Å². The number of aromatic nitrogens is 2. The molecule has 0 spiro atoms. The minimum Gasteiger partial charge on any atom is -0.384 e. The van der Waals surface area contributed by atoms with Crippen molar-refractivity contribution in [1.29, 1.82) is 0 Å².